The second-order valence-corrected chi connectivity index (χ2v) is 5.14. The van der Waals surface area contributed by atoms with Gasteiger partial charge in [-0.25, -0.2) is 4.79 Å². The van der Waals surface area contributed by atoms with E-state index in [2.05, 4.69) is 31.9 Å². The van der Waals surface area contributed by atoms with Crippen LogP contribution < -0.4 is 16.0 Å². The Hall–Kier alpha value is -2.34. The van der Waals surface area contributed by atoms with E-state index in [1.165, 1.54) is 0 Å². The smallest absolute Gasteiger partial charge is 0.325 e. The number of hydrogen-bond donors (Lipinski definition) is 3. The first-order chi connectivity index (χ1) is 10.1. The normalized spacial score (nSPS) is 9.76. The number of halogens is 1. The van der Waals surface area contributed by atoms with Crippen LogP contribution in [-0.2, 0) is 4.79 Å². The lowest BCUT2D eigenvalue weighted by Gasteiger charge is -2.08. The summed E-state index contributed by atoms with van der Waals surface area (Å²) in [7, 11) is 0. The minimum atomic E-state index is -0.552. The number of benzene rings is 2. The van der Waals surface area contributed by atoms with Gasteiger partial charge in [0.2, 0.25) is 5.91 Å². The summed E-state index contributed by atoms with van der Waals surface area (Å²) in [6.45, 7) is 0.0177. The highest BCUT2D eigenvalue weighted by Crippen LogP contribution is 2.13. The Bertz CT molecular complexity index is 615. The van der Waals surface area contributed by atoms with Gasteiger partial charge in [-0.05, 0) is 36.4 Å². The maximum absolute atomic E-state index is 11.6. The van der Waals surface area contributed by atoms with Crippen molar-refractivity contribution in [1.82, 2.24) is 5.32 Å². The molecule has 0 unspecified atom stereocenters. The van der Waals surface area contributed by atoms with Crippen LogP contribution in [0.15, 0.2) is 59.1 Å². The fourth-order valence-corrected chi connectivity index (χ4v) is 1.87. The predicted molar refractivity (Wildman–Crippen MR) is 86.2 cm³/mol. The molecule has 0 saturated heterocycles. The van der Waals surface area contributed by atoms with Crippen LogP contribution in [0.25, 0.3) is 0 Å². The second-order valence-electron chi connectivity index (χ2n) is 4.23. The van der Waals surface area contributed by atoms with Gasteiger partial charge >= 0.3 is 6.03 Å². The van der Waals surface area contributed by atoms with E-state index in [4.69, 9.17) is 0 Å². The minimum absolute atomic E-state index is 0.0177. The molecule has 0 aliphatic heterocycles. The van der Waals surface area contributed by atoms with E-state index in [9.17, 15) is 9.59 Å². The zero-order chi connectivity index (χ0) is 15.1. The molecule has 0 bridgehead atoms. The second kappa shape index (κ2) is 7.44. The third kappa shape index (κ3) is 5.27. The number of anilines is 2. The number of nitrogens with one attached hydrogen (secondary N) is 3. The highest BCUT2D eigenvalue weighted by molar-refractivity contribution is 9.10. The number of rotatable bonds is 4. The summed E-state index contributed by atoms with van der Waals surface area (Å²) in [5.41, 5.74) is 1.43. The number of carbonyl (C=O) groups excluding carboxylic acids is 2. The number of para-hydroxylation sites is 1. The molecule has 3 amide bonds. The van der Waals surface area contributed by atoms with Crippen LogP contribution in [0.4, 0.5) is 16.2 Å². The van der Waals surface area contributed by atoms with Crippen LogP contribution in [0.5, 0.6) is 0 Å². The summed E-state index contributed by atoms with van der Waals surface area (Å²) in [5.74, 6) is -0.411. The molecule has 0 saturated carbocycles. The van der Waals surface area contributed by atoms with Crippen LogP contribution in [0.3, 0.4) is 0 Å². The Labute approximate surface area is 130 Å². The standard InChI is InChI=1S/C15H14BrN3O2/c16-11-6-8-12(9-7-11)17-10-14(20)19-15(21)18-13-4-2-1-3-5-13/h1-9,17H,10H2,(H2,18,19,20,21). The van der Waals surface area contributed by atoms with Gasteiger partial charge in [0, 0.05) is 15.8 Å². The summed E-state index contributed by atoms with van der Waals surface area (Å²) in [6, 6.07) is 15.8. The van der Waals surface area contributed by atoms with E-state index in [-0.39, 0.29) is 6.54 Å². The molecule has 0 aliphatic rings. The average molecular weight is 348 g/mol. The van der Waals surface area contributed by atoms with Crippen molar-refractivity contribution in [3.05, 3.63) is 59.1 Å². The molecule has 21 heavy (non-hydrogen) atoms. The van der Waals surface area contributed by atoms with E-state index in [0.29, 0.717) is 5.69 Å². The molecule has 0 aliphatic carbocycles. The van der Waals surface area contributed by atoms with E-state index in [0.717, 1.165) is 10.2 Å². The first-order valence-electron chi connectivity index (χ1n) is 6.29. The van der Waals surface area contributed by atoms with Gasteiger partial charge in [-0.15, -0.1) is 0 Å². The molecule has 0 radical (unpaired) electrons. The molecule has 6 heteroatoms. The van der Waals surface area contributed by atoms with Gasteiger partial charge in [0.15, 0.2) is 0 Å². The first-order valence-corrected chi connectivity index (χ1v) is 7.08. The maximum Gasteiger partial charge on any atom is 0.325 e. The van der Waals surface area contributed by atoms with E-state index < -0.39 is 11.9 Å². The fraction of sp³-hybridized carbons (Fsp3) is 0.0667. The largest absolute Gasteiger partial charge is 0.376 e. The summed E-state index contributed by atoms with van der Waals surface area (Å²) in [6.07, 6.45) is 0. The molecule has 2 aromatic carbocycles. The van der Waals surface area contributed by atoms with Crippen molar-refractivity contribution in [3.63, 3.8) is 0 Å². The van der Waals surface area contributed by atoms with Crippen molar-refractivity contribution in [2.45, 2.75) is 0 Å². The Morgan fingerprint density at radius 1 is 0.905 bits per heavy atom. The highest BCUT2D eigenvalue weighted by atomic mass is 79.9. The molecule has 5 nitrogen and oxygen atoms in total. The first kappa shape index (κ1) is 15.1. The predicted octanol–water partition coefficient (Wildman–Crippen LogP) is 3.21. The molecule has 2 rings (SSSR count). The Balaban J connectivity index is 1.76. The summed E-state index contributed by atoms with van der Waals surface area (Å²) < 4.78 is 0.958. The lowest BCUT2D eigenvalue weighted by molar-refractivity contribution is -0.118. The van der Waals surface area contributed by atoms with Crippen LogP contribution in [0.2, 0.25) is 0 Å². The number of imide groups is 1. The number of hydrogen-bond acceptors (Lipinski definition) is 3. The summed E-state index contributed by atoms with van der Waals surface area (Å²) in [5, 5.41) is 7.75. The van der Waals surface area contributed by atoms with Crippen molar-refractivity contribution >= 4 is 39.2 Å². The van der Waals surface area contributed by atoms with E-state index >= 15 is 0 Å². The molecular formula is C15H14BrN3O2. The number of carbonyl (C=O) groups is 2. The van der Waals surface area contributed by atoms with Gasteiger partial charge in [0.05, 0.1) is 6.54 Å². The molecule has 0 heterocycles. The van der Waals surface area contributed by atoms with Crippen LogP contribution in [-0.4, -0.2) is 18.5 Å². The van der Waals surface area contributed by atoms with Gasteiger partial charge in [-0.1, -0.05) is 34.1 Å². The zero-order valence-electron chi connectivity index (χ0n) is 11.1. The van der Waals surface area contributed by atoms with E-state index in [1.54, 1.807) is 24.3 Å². The molecule has 108 valence electrons. The fourth-order valence-electron chi connectivity index (χ4n) is 1.60. The monoisotopic (exact) mass is 347 g/mol. The zero-order valence-corrected chi connectivity index (χ0v) is 12.7. The number of amides is 3. The molecule has 2 aromatic rings. The molecule has 3 N–H and O–H groups in total. The summed E-state index contributed by atoms with van der Waals surface area (Å²) in [4.78, 5) is 23.2. The van der Waals surface area contributed by atoms with Gasteiger partial charge < -0.3 is 10.6 Å². The molecule has 0 fully saturated rings. The molecule has 0 aromatic heterocycles. The average Bonchev–Trinajstić information content (AvgIpc) is 2.47. The lowest BCUT2D eigenvalue weighted by atomic mass is 10.3. The van der Waals surface area contributed by atoms with Gasteiger partial charge in [-0.3, -0.25) is 10.1 Å². The van der Waals surface area contributed by atoms with Gasteiger partial charge in [0.25, 0.3) is 0 Å². The van der Waals surface area contributed by atoms with Crippen molar-refractivity contribution in [2.24, 2.45) is 0 Å². The van der Waals surface area contributed by atoms with Crippen molar-refractivity contribution < 1.29 is 9.59 Å². The van der Waals surface area contributed by atoms with Gasteiger partial charge in [0.1, 0.15) is 0 Å². The van der Waals surface area contributed by atoms with E-state index in [1.807, 2.05) is 30.3 Å². The van der Waals surface area contributed by atoms with Crippen LogP contribution in [0.1, 0.15) is 0 Å². The minimum Gasteiger partial charge on any atom is -0.376 e. The highest BCUT2D eigenvalue weighted by Gasteiger charge is 2.07. The van der Waals surface area contributed by atoms with Crippen molar-refractivity contribution in [3.8, 4) is 0 Å². The van der Waals surface area contributed by atoms with Crippen LogP contribution in [0, 0.1) is 0 Å². The SMILES string of the molecule is O=C(CNc1ccc(Br)cc1)NC(=O)Nc1ccccc1. The topological polar surface area (TPSA) is 70.2 Å². The van der Waals surface area contributed by atoms with Crippen molar-refractivity contribution in [1.29, 1.82) is 0 Å². The van der Waals surface area contributed by atoms with Crippen molar-refractivity contribution in [2.75, 3.05) is 17.2 Å². The molecular weight excluding hydrogens is 334 g/mol. The molecule has 0 spiro atoms. The third-order valence-corrected chi connectivity index (χ3v) is 3.11. The maximum atomic E-state index is 11.6. The molecule has 0 atom stereocenters. The van der Waals surface area contributed by atoms with Gasteiger partial charge in [-0.2, -0.15) is 0 Å². The number of urea groups is 1. The van der Waals surface area contributed by atoms with Crippen LogP contribution >= 0.6 is 15.9 Å². The quantitative estimate of drug-likeness (QED) is 0.795. The Morgan fingerprint density at radius 3 is 2.24 bits per heavy atom. The third-order valence-electron chi connectivity index (χ3n) is 2.58. The summed E-state index contributed by atoms with van der Waals surface area (Å²) >= 11 is 3.33. The Kier molecular flexibility index (Phi) is 5.34. The Morgan fingerprint density at radius 2 is 1.57 bits per heavy atom. The lowest BCUT2D eigenvalue weighted by Crippen LogP contribution is -2.37.